The van der Waals surface area contributed by atoms with Crippen LogP contribution in [0.2, 0.25) is 0 Å². The molecule has 0 fully saturated rings. The number of rotatable bonds is 7. The van der Waals surface area contributed by atoms with Gasteiger partial charge in [0.05, 0.1) is 0 Å². The van der Waals surface area contributed by atoms with E-state index in [0.717, 1.165) is 5.92 Å². The summed E-state index contributed by atoms with van der Waals surface area (Å²) >= 11 is 0. The SMILES string of the molecule is Cc1cc[n+](CCCCCC[C@@H]2C=CCC2)cc1. The molecule has 0 N–H and O–H groups in total. The van der Waals surface area contributed by atoms with Gasteiger partial charge in [-0.2, -0.15) is 0 Å². The van der Waals surface area contributed by atoms with E-state index in [-0.39, 0.29) is 0 Å². The Hall–Kier alpha value is -1.11. The molecule has 0 radical (unpaired) electrons. The van der Waals surface area contributed by atoms with Crippen LogP contribution in [0.25, 0.3) is 0 Å². The zero-order valence-electron chi connectivity index (χ0n) is 11.6. The maximum absolute atomic E-state index is 2.42. The fraction of sp³-hybridized carbons (Fsp3) is 0.588. The van der Waals surface area contributed by atoms with Crippen LogP contribution in [0.3, 0.4) is 0 Å². The van der Waals surface area contributed by atoms with Crippen molar-refractivity contribution < 1.29 is 4.57 Å². The monoisotopic (exact) mass is 244 g/mol. The zero-order chi connectivity index (χ0) is 12.6. The van der Waals surface area contributed by atoms with E-state index in [2.05, 4.69) is 48.2 Å². The Morgan fingerprint density at radius 3 is 2.61 bits per heavy atom. The lowest BCUT2D eigenvalue weighted by Crippen LogP contribution is -2.32. The predicted octanol–water partition coefficient (Wildman–Crippen LogP) is 4.20. The molecule has 1 aliphatic carbocycles. The molecular formula is C17H26N+. The van der Waals surface area contributed by atoms with Crippen LogP contribution in [0, 0.1) is 12.8 Å². The van der Waals surface area contributed by atoms with Crippen LogP contribution in [0.15, 0.2) is 36.7 Å². The van der Waals surface area contributed by atoms with Crippen molar-refractivity contribution >= 4 is 0 Å². The first-order chi connectivity index (χ1) is 8.84. The molecule has 0 aromatic carbocycles. The Bertz CT molecular complexity index is 364. The summed E-state index contributed by atoms with van der Waals surface area (Å²) in [4.78, 5) is 0. The molecule has 0 aliphatic heterocycles. The minimum Gasteiger partial charge on any atom is -0.205 e. The molecule has 0 unspecified atom stereocenters. The molecule has 1 aliphatic rings. The van der Waals surface area contributed by atoms with Gasteiger partial charge in [0.1, 0.15) is 6.54 Å². The summed E-state index contributed by atoms with van der Waals surface area (Å²) in [5.41, 5.74) is 1.34. The molecule has 1 aromatic rings. The van der Waals surface area contributed by atoms with E-state index in [1.54, 1.807) is 0 Å². The number of hydrogen-bond donors (Lipinski definition) is 0. The summed E-state index contributed by atoms with van der Waals surface area (Å²) < 4.78 is 2.30. The second-order valence-electron chi connectivity index (χ2n) is 5.58. The van der Waals surface area contributed by atoms with Gasteiger partial charge in [-0.1, -0.05) is 25.0 Å². The van der Waals surface area contributed by atoms with Crippen molar-refractivity contribution in [3.05, 3.63) is 42.2 Å². The van der Waals surface area contributed by atoms with Crippen LogP contribution < -0.4 is 4.57 Å². The van der Waals surface area contributed by atoms with Gasteiger partial charge in [-0.15, -0.1) is 0 Å². The molecule has 0 amide bonds. The zero-order valence-corrected chi connectivity index (χ0v) is 11.6. The minimum absolute atomic E-state index is 0.900. The Kier molecular flexibility index (Phi) is 5.44. The number of unbranched alkanes of at least 4 members (excludes halogenated alkanes) is 3. The molecule has 2 rings (SSSR count). The Labute approximate surface area is 112 Å². The highest BCUT2D eigenvalue weighted by Gasteiger charge is 2.08. The van der Waals surface area contributed by atoms with Gasteiger partial charge in [-0.05, 0) is 44.1 Å². The number of hydrogen-bond acceptors (Lipinski definition) is 0. The van der Waals surface area contributed by atoms with Crippen molar-refractivity contribution in [1.29, 1.82) is 0 Å². The average Bonchev–Trinajstić information content (AvgIpc) is 2.89. The number of aromatic nitrogens is 1. The largest absolute Gasteiger partial charge is 0.205 e. The lowest BCUT2D eigenvalue weighted by atomic mass is 10.0. The van der Waals surface area contributed by atoms with Crippen molar-refractivity contribution in [2.75, 3.05) is 0 Å². The first-order valence-electron chi connectivity index (χ1n) is 7.47. The number of aryl methyl sites for hydroxylation is 2. The second kappa shape index (κ2) is 7.35. The molecule has 0 saturated carbocycles. The standard InChI is InChI=1S/C17H26N/c1-16-11-14-18(15-12-16)13-7-3-2-4-8-17-9-5-6-10-17/h5,9,11-12,14-15,17H,2-4,6-8,10,13H2,1H3/q+1/t17-/m1/s1. The molecule has 1 atom stereocenters. The quantitative estimate of drug-likeness (QED) is 0.384. The molecule has 98 valence electrons. The van der Waals surface area contributed by atoms with E-state index < -0.39 is 0 Å². The van der Waals surface area contributed by atoms with E-state index >= 15 is 0 Å². The molecule has 0 spiro atoms. The van der Waals surface area contributed by atoms with Gasteiger partial charge >= 0.3 is 0 Å². The first-order valence-corrected chi connectivity index (χ1v) is 7.47. The molecule has 1 nitrogen and oxygen atoms in total. The Balaban J connectivity index is 1.50. The van der Waals surface area contributed by atoms with Crippen LogP contribution in [0.1, 0.15) is 50.5 Å². The lowest BCUT2D eigenvalue weighted by molar-refractivity contribution is -0.697. The lowest BCUT2D eigenvalue weighted by Gasteiger charge is -2.06. The van der Waals surface area contributed by atoms with Gasteiger partial charge in [-0.3, -0.25) is 0 Å². The summed E-state index contributed by atoms with van der Waals surface area (Å²) in [5, 5.41) is 0. The Morgan fingerprint density at radius 2 is 1.89 bits per heavy atom. The molecule has 1 aromatic heterocycles. The number of allylic oxidation sites excluding steroid dienone is 2. The highest BCUT2D eigenvalue weighted by molar-refractivity contribution is 5.03. The third-order valence-electron chi connectivity index (χ3n) is 3.91. The van der Waals surface area contributed by atoms with Crippen LogP contribution in [0.4, 0.5) is 0 Å². The van der Waals surface area contributed by atoms with Crippen LogP contribution in [0.5, 0.6) is 0 Å². The van der Waals surface area contributed by atoms with E-state index in [1.807, 2.05) is 0 Å². The van der Waals surface area contributed by atoms with Crippen molar-refractivity contribution in [2.24, 2.45) is 5.92 Å². The van der Waals surface area contributed by atoms with E-state index in [0.29, 0.717) is 0 Å². The van der Waals surface area contributed by atoms with Gasteiger partial charge < -0.3 is 0 Å². The highest BCUT2D eigenvalue weighted by atomic mass is 14.9. The van der Waals surface area contributed by atoms with Crippen LogP contribution in [-0.4, -0.2) is 0 Å². The third-order valence-corrected chi connectivity index (χ3v) is 3.91. The maximum atomic E-state index is 2.42. The van der Waals surface area contributed by atoms with Crippen molar-refractivity contribution in [1.82, 2.24) is 0 Å². The molecule has 18 heavy (non-hydrogen) atoms. The van der Waals surface area contributed by atoms with Gasteiger partial charge in [0.25, 0.3) is 0 Å². The summed E-state index contributed by atoms with van der Waals surface area (Å²) in [5.74, 6) is 0.900. The van der Waals surface area contributed by atoms with Crippen molar-refractivity contribution in [3.8, 4) is 0 Å². The van der Waals surface area contributed by atoms with Crippen LogP contribution >= 0.6 is 0 Å². The molecule has 0 bridgehead atoms. The molecule has 1 heterocycles. The summed E-state index contributed by atoms with van der Waals surface area (Å²) in [6, 6.07) is 4.37. The van der Waals surface area contributed by atoms with E-state index in [1.165, 1.54) is 57.1 Å². The van der Waals surface area contributed by atoms with Gasteiger partial charge in [0, 0.05) is 18.6 Å². The predicted molar refractivity (Wildman–Crippen MR) is 76.3 cm³/mol. The van der Waals surface area contributed by atoms with Crippen LogP contribution in [-0.2, 0) is 6.54 Å². The van der Waals surface area contributed by atoms with Gasteiger partial charge in [0.15, 0.2) is 12.4 Å². The fourth-order valence-electron chi connectivity index (χ4n) is 2.67. The van der Waals surface area contributed by atoms with Gasteiger partial charge in [-0.25, -0.2) is 4.57 Å². The summed E-state index contributed by atoms with van der Waals surface area (Å²) in [6.45, 7) is 3.31. The second-order valence-corrected chi connectivity index (χ2v) is 5.58. The fourth-order valence-corrected chi connectivity index (χ4v) is 2.67. The van der Waals surface area contributed by atoms with E-state index in [9.17, 15) is 0 Å². The van der Waals surface area contributed by atoms with E-state index in [4.69, 9.17) is 0 Å². The molecule has 1 heteroatoms. The van der Waals surface area contributed by atoms with Crippen molar-refractivity contribution in [2.45, 2.75) is 58.4 Å². The summed E-state index contributed by atoms with van der Waals surface area (Å²) in [7, 11) is 0. The molecular weight excluding hydrogens is 218 g/mol. The average molecular weight is 244 g/mol. The highest BCUT2D eigenvalue weighted by Crippen LogP contribution is 2.22. The first kappa shape index (κ1) is 13.3. The third kappa shape index (κ3) is 4.64. The van der Waals surface area contributed by atoms with Gasteiger partial charge in [0.2, 0.25) is 0 Å². The maximum Gasteiger partial charge on any atom is 0.169 e. The minimum atomic E-state index is 0.900. The smallest absolute Gasteiger partial charge is 0.169 e. The van der Waals surface area contributed by atoms with Crippen molar-refractivity contribution in [3.63, 3.8) is 0 Å². The number of nitrogens with zero attached hydrogens (tertiary/aromatic N) is 1. The number of pyridine rings is 1. The summed E-state index contributed by atoms with van der Waals surface area (Å²) in [6.07, 6.45) is 18.8. The topological polar surface area (TPSA) is 3.88 Å². The Morgan fingerprint density at radius 1 is 1.11 bits per heavy atom. The normalized spacial score (nSPS) is 18.4. The molecule has 0 saturated heterocycles.